The third kappa shape index (κ3) is 6.50. The van der Waals surface area contributed by atoms with E-state index < -0.39 is 11.3 Å². The Hall–Kier alpha value is -3.96. The first-order valence-corrected chi connectivity index (χ1v) is 21.3. The molecule has 5 saturated carbocycles. The Morgan fingerprint density at radius 1 is 0.839 bits per heavy atom. The number of nitriles is 1. The first-order valence-electron chi connectivity index (χ1n) is 21.3. The molecule has 0 bridgehead atoms. The van der Waals surface area contributed by atoms with Crippen molar-refractivity contribution in [1.82, 2.24) is 16.2 Å². The molecule has 5 aliphatic carbocycles. The zero-order chi connectivity index (χ0) is 40.3. The molecule has 0 radical (unpaired) electrons. The van der Waals surface area contributed by atoms with E-state index in [9.17, 15) is 19.5 Å². The van der Waals surface area contributed by atoms with Crippen molar-refractivity contribution >= 4 is 17.7 Å². The number of hydrogen-bond acceptors (Lipinski definition) is 5. The predicted molar refractivity (Wildman–Crippen MR) is 219 cm³/mol. The second kappa shape index (κ2) is 14.8. The van der Waals surface area contributed by atoms with Gasteiger partial charge in [-0.05, 0) is 164 Å². The highest BCUT2D eigenvalue weighted by atomic mass is 16.3. The van der Waals surface area contributed by atoms with Crippen molar-refractivity contribution in [1.29, 1.82) is 5.26 Å². The van der Waals surface area contributed by atoms with Gasteiger partial charge in [0.15, 0.2) is 0 Å². The van der Waals surface area contributed by atoms with E-state index in [0.717, 1.165) is 50.5 Å². The van der Waals surface area contributed by atoms with Crippen LogP contribution >= 0.6 is 0 Å². The van der Waals surface area contributed by atoms with Crippen molar-refractivity contribution in [3.63, 3.8) is 0 Å². The first-order chi connectivity index (χ1) is 26.5. The molecular weight excluding hydrogens is 697 g/mol. The van der Waals surface area contributed by atoms with Crippen LogP contribution in [0.3, 0.4) is 0 Å². The Morgan fingerprint density at radius 2 is 1.59 bits per heavy atom. The number of hydrogen-bond donors (Lipinski definition) is 4. The zero-order valence-electron chi connectivity index (χ0n) is 34.6. The van der Waals surface area contributed by atoms with Crippen molar-refractivity contribution in [2.24, 2.45) is 56.7 Å². The number of aliphatic hydroxyl groups is 1. The van der Waals surface area contributed by atoms with Crippen LogP contribution in [0.25, 0.3) is 0 Å². The SMILES string of the molecule is C=C(C)[C@@H]1CC[C@]2(C(=O)NCCc3cccc(C(=O)NNC(=O)Cc4cccc(C#N)c4)c3)CC[C@]3(C)C(CCC4[C@@]5(C)CC[C@H](O)C(C)(C)C5CC[C@]43C)C12. The number of allylic oxidation sites excluding steroid dienone is 1. The number of aliphatic hydroxyl groups excluding tert-OH is 1. The third-order valence-electron chi connectivity index (χ3n) is 17.1. The molecule has 2 aromatic carbocycles. The van der Waals surface area contributed by atoms with Gasteiger partial charge in [0.1, 0.15) is 0 Å². The smallest absolute Gasteiger partial charge is 0.269 e. The fraction of sp³-hybridized carbons (Fsp3) is 0.625. The van der Waals surface area contributed by atoms with E-state index in [1.807, 2.05) is 18.2 Å². The number of nitrogens with zero attached hydrogens (tertiary/aromatic N) is 1. The molecule has 7 rings (SSSR count). The fourth-order valence-electron chi connectivity index (χ4n) is 14.1. The van der Waals surface area contributed by atoms with E-state index in [-0.39, 0.29) is 51.9 Å². The lowest BCUT2D eigenvalue weighted by Gasteiger charge is -2.72. The van der Waals surface area contributed by atoms with Crippen LogP contribution in [0, 0.1) is 68.0 Å². The molecule has 300 valence electrons. The second-order valence-corrected chi connectivity index (χ2v) is 19.9. The van der Waals surface area contributed by atoms with Crippen molar-refractivity contribution in [2.45, 2.75) is 125 Å². The van der Waals surface area contributed by atoms with E-state index in [4.69, 9.17) is 5.26 Å². The van der Waals surface area contributed by atoms with Crippen molar-refractivity contribution < 1.29 is 19.5 Å². The number of rotatable bonds is 8. The van der Waals surface area contributed by atoms with Crippen LogP contribution in [0.15, 0.2) is 60.7 Å². The topological polar surface area (TPSA) is 131 Å². The van der Waals surface area contributed by atoms with E-state index in [2.05, 4.69) is 70.4 Å². The Labute approximate surface area is 334 Å². The number of carbonyl (C=O) groups excluding carboxylic acids is 3. The van der Waals surface area contributed by atoms with Gasteiger partial charge in [-0.1, -0.05) is 71.0 Å². The van der Waals surface area contributed by atoms with Crippen LogP contribution in [-0.2, 0) is 22.4 Å². The highest BCUT2D eigenvalue weighted by molar-refractivity contribution is 5.95. The van der Waals surface area contributed by atoms with Gasteiger partial charge in [0.25, 0.3) is 5.91 Å². The number of nitrogens with one attached hydrogen (secondary N) is 3. The Morgan fingerprint density at radius 3 is 2.34 bits per heavy atom. The highest BCUT2D eigenvalue weighted by Crippen LogP contribution is 2.77. The Kier molecular flexibility index (Phi) is 10.6. The van der Waals surface area contributed by atoms with Crippen LogP contribution in [0.5, 0.6) is 0 Å². The van der Waals surface area contributed by atoms with Crippen molar-refractivity contribution in [3.05, 3.63) is 82.9 Å². The lowest BCUT2D eigenvalue weighted by atomic mass is 9.32. The van der Waals surface area contributed by atoms with E-state index in [1.54, 1.807) is 30.3 Å². The molecule has 4 unspecified atom stereocenters. The summed E-state index contributed by atoms with van der Waals surface area (Å²) in [6, 6.07) is 16.2. The summed E-state index contributed by atoms with van der Waals surface area (Å²) in [5, 5.41) is 23.6. The molecule has 2 aromatic rings. The normalized spacial score (nSPS) is 36.7. The van der Waals surface area contributed by atoms with Crippen LogP contribution in [0.2, 0.25) is 0 Å². The summed E-state index contributed by atoms with van der Waals surface area (Å²) < 4.78 is 0. The maximum atomic E-state index is 14.6. The fourth-order valence-corrected chi connectivity index (χ4v) is 14.1. The van der Waals surface area contributed by atoms with Gasteiger partial charge in [-0.3, -0.25) is 25.2 Å². The van der Waals surface area contributed by atoms with Crippen LogP contribution in [0.4, 0.5) is 0 Å². The van der Waals surface area contributed by atoms with Crippen LogP contribution in [-0.4, -0.2) is 35.5 Å². The number of carbonyl (C=O) groups is 3. The summed E-state index contributed by atoms with van der Waals surface area (Å²) in [6.45, 7) is 19.6. The average Bonchev–Trinajstić information content (AvgIpc) is 3.57. The largest absolute Gasteiger partial charge is 0.393 e. The van der Waals surface area contributed by atoms with Crippen LogP contribution < -0.4 is 16.2 Å². The summed E-state index contributed by atoms with van der Waals surface area (Å²) in [5.41, 5.74) is 8.80. The van der Waals surface area contributed by atoms with Crippen LogP contribution in [0.1, 0.15) is 133 Å². The Bertz CT molecular complexity index is 1930. The summed E-state index contributed by atoms with van der Waals surface area (Å²) in [6.07, 6.45) is 11.1. The number of amides is 3. The summed E-state index contributed by atoms with van der Waals surface area (Å²) >= 11 is 0. The molecule has 3 amide bonds. The molecule has 0 saturated heterocycles. The molecular formula is C48H64N4O4. The number of benzene rings is 2. The van der Waals surface area contributed by atoms with E-state index >= 15 is 0 Å². The molecule has 4 N–H and O–H groups in total. The van der Waals surface area contributed by atoms with Gasteiger partial charge in [-0.25, -0.2) is 0 Å². The van der Waals surface area contributed by atoms with Crippen molar-refractivity contribution in [2.75, 3.05) is 6.54 Å². The lowest BCUT2D eigenvalue weighted by Crippen LogP contribution is -2.67. The molecule has 56 heavy (non-hydrogen) atoms. The van der Waals surface area contributed by atoms with Gasteiger partial charge < -0.3 is 10.4 Å². The summed E-state index contributed by atoms with van der Waals surface area (Å²) in [4.78, 5) is 40.1. The Balaban J connectivity index is 1.01. The van der Waals surface area contributed by atoms with Gasteiger partial charge in [-0.15, -0.1) is 0 Å². The summed E-state index contributed by atoms with van der Waals surface area (Å²) in [5.74, 6) is 1.63. The molecule has 0 aromatic heterocycles. The first kappa shape index (κ1) is 40.2. The van der Waals surface area contributed by atoms with E-state index in [1.165, 1.54) is 24.8 Å². The molecule has 0 aliphatic heterocycles. The van der Waals surface area contributed by atoms with Gasteiger partial charge >= 0.3 is 0 Å². The minimum absolute atomic E-state index is 0.0366. The maximum Gasteiger partial charge on any atom is 0.269 e. The van der Waals surface area contributed by atoms with Gasteiger partial charge in [-0.2, -0.15) is 5.26 Å². The van der Waals surface area contributed by atoms with Gasteiger partial charge in [0.2, 0.25) is 11.8 Å². The predicted octanol–water partition coefficient (Wildman–Crippen LogP) is 8.24. The van der Waals surface area contributed by atoms with Crippen molar-refractivity contribution in [3.8, 4) is 6.07 Å². The van der Waals surface area contributed by atoms with E-state index in [0.29, 0.717) is 53.3 Å². The molecule has 10 atom stereocenters. The van der Waals surface area contributed by atoms with Gasteiger partial charge in [0.05, 0.1) is 29.6 Å². The number of hydrazine groups is 1. The molecule has 5 aliphatic rings. The molecule has 8 nitrogen and oxygen atoms in total. The minimum atomic E-state index is -0.422. The average molecular weight is 761 g/mol. The molecule has 0 heterocycles. The highest BCUT2D eigenvalue weighted by Gasteiger charge is 2.71. The zero-order valence-corrected chi connectivity index (χ0v) is 34.6. The second-order valence-electron chi connectivity index (χ2n) is 19.9. The summed E-state index contributed by atoms with van der Waals surface area (Å²) in [7, 11) is 0. The molecule has 0 spiro atoms. The van der Waals surface area contributed by atoms with Gasteiger partial charge in [0, 0.05) is 12.1 Å². The third-order valence-corrected chi connectivity index (χ3v) is 17.1. The number of fused-ring (bicyclic) bond motifs is 7. The monoisotopic (exact) mass is 760 g/mol. The molecule has 8 heteroatoms. The standard InChI is InChI=1S/C48H64N4O4/c1-30(2)35-16-22-48(24-23-46(6)36(41(35)48)14-15-38-45(5)20-18-39(53)44(3,4)37(45)17-21-47(38,46)7)43(56)50-25-19-31-10-9-13-34(27-31)42(55)52-51-40(54)28-32-11-8-12-33(26-32)29-49/h8-13,26-27,35-39,41,53H,1,14-25,28H2,2-7H3,(H,50,56)(H,51,54)(H,52,55)/t35-,36?,37?,38?,39-,41?,45-,46+,47+,48-/m0/s1. The molecule has 5 fully saturated rings. The maximum absolute atomic E-state index is 14.6. The quantitative estimate of drug-likeness (QED) is 0.159. The lowest BCUT2D eigenvalue weighted by molar-refractivity contribution is -0.246. The minimum Gasteiger partial charge on any atom is -0.393 e.